The number of aliphatic imine (C=N–C) groups is 1. The van der Waals surface area contributed by atoms with E-state index in [2.05, 4.69) is 25.8 Å². The standard InChI is InChI=1S/C19H27N5O2.HI/c1-21-19(24(3)13-16-5-4-12-23(16)2)22-11-10-15-6-8-17(9-7-15)26-14-18(20)25;/h4-9,12H,10-11,13-14H2,1-3H3,(H2,20,25)(H,21,22);1H. The van der Waals surface area contributed by atoms with Crippen LogP contribution in [-0.4, -0.2) is 48.6 Å². The number of aryl methyl sites for hydroxylation is 1. The zero-order chi connectivity index (χ0) is 18.9. The summed E-state index contributed by atoms with van der Waals surface area (Å²) in [7, 11) is 5.85. The van der Waals surface area contributed by atoms with Crippen LogP contribution >= 0.6 is 24.0 Å². The molecule has 1 aromatic carbocycles. The van der Waals surface area contributed by atoms with Crippen LogP contribution in [0.3, 0.4) is 0 Å². The topological polar surface area (TPSA) is 84.9 Å². The van der Waals surface area contributed by atoms with E-state index in [0.717, 1.165) is 25.5 Å². The van der Waals surface area contributed by atoms with Gasteiger partial charge in [-0.05, 0) is 36.2 Å². The van der Waals surface area contributed by atoms with Gasteiger partial charge in [-0.2, -0.15) is 0 Å². The zero-order valence-corrected chi connectivity index (χ0v) is 18.3. The number of primary amides is 1. The van der Waals surface area contributed by atoms with Gasteiger partial charge in [0.25, 0.3) is 5.91 Å². The van der Waals surface area contributed by atoms with E-state index < -0.39 is 5.91 Å². The van der Waals surface area contributed by atoms with Crippen LogP contribution in [0.5, 0.6) is 5.75 Å². The third kappa shape index (κ3) is 7.49. The van der Waals surface area contributed by atoms with Crippen molar-refractivity contribution in [2.24, 2.45) is 17.8 Å². The van der Waals surface area contributed by atoms with Crippen LogP contribution in [0.4, 0.5) is 0 Å². The van der Waals surface area contributed by atoms with Gasteiger partial charge in [-0.15, -0.1) is 24.0 Å². The predicted molar refractivity (Wildman–Crippen MR) is 118 cm³/mol. The maximum Gasteiger partial charge on any atom is 0.255 e. The van der Waals surface area contributed by atoms with Crippen molar-refractivity contribution in [2.45, 2.75) is 13.0 Å². The number of rotatable bonds is 8. The Morgan fingerprint density at radius 1 is 1.30 bits per heavy atom. The first kappa shape index (κ1) is 22.8. The molecule has 0 saturated carbocycles. The lowest BCUT2D eigenvalue weighted by Crippen LogP contribution is -2.39. The molecular formula is C19H28IN5O2. The third-order valence-corrected chi connectivity index (χ3v) is 4.03. The summed E-state index contributed by atoms with van der Waals surface area (Å²) in [5.41, 5.74) is 7.46. The first-order valence-electron chi connectivity index (χ1n) is 8.51. The first-order valence-corrected chi connectivity index (χ1v) is 8.51. The molecule has 0 radical (unpaired) electrons. The van der Waals surface area contributed by atoms with E-state index in [9.17, 15) is 4.79 Å². The number of nitrogens with zero attached hydrogens (tertiary/aromatic N) is 3. The van der Waals surface area contributed by atoms with Crippen LogP contribution in [0.2, 0.25) is 0 Å². The number of carbonyl (C=O) groups is 1. The van der Waals surface area contributed by atoms with E-state index in [1.807, 2.05) is 50.6 Å². The minimum Gasteiger partial charge on any atom is -0.484 e. The number of carbonyl (C=O) groups excluding carboxylic acids is 1. The third-order valence-electron chi connectivity index (χ3n) is 4.03. The molecule has 0 fully saturated rings. The molecule has 0 spiro atoms. The maximum absolute atomic E-state index is 10.7. The largest absolute Gasteiger partial charge is 0.484 e. The van der Waals surface area contributed by atoms with Gasteiger partial charge in [0, 0.05) is 39.6 Å². The van der Waals surface area contributed by atoms with Crippen molar-refractivity contribution in [3.63, 3.8) is 0 Å². The van der Waals surface area contributed by atoms with Crippen molar-refractivity contribution in [1.29, 1.82) is 0 Å². The Labute approximate surface area is 177 Å². The van der Waals surface area contributed by atoms with Crippen LogP contribution in [0.25, 0.3) is 0 Å². The number of nitrogens with one attached hydrogen (secondary N) is 1. The van der Waals surface area contributed by atoms with Gasteiger partial charge in [0.05, 0.1) is 6.54 Å². The summed E-state index contributed by atoms with van der Waals surface area (Å²) in [4.78, 5) is 17.2. The lowest BCUT2D eigenvalue weighted by atomic mass is 10.1. The molecule has 0 atom stereocenters. The average molecular weight is 485 g/mol. The second-order valence-corrected chi connectivity index (χ2v) is 6.09. The molecule has 3 N–H and O–H groups in total. The van der Waals surface area contributed by atoms with Crippen LogP contribution in [-0.2, 0) is 24.8 Å². The SMILES string of the molecule is CN=C(NCCc1ccc(OCC(N)=O)cc1)N(C)Cc1cccn1C.I. The van der Waals surface area contributed by atoms with Crippen molar-refractivity contribution in [1.82, 2.24) is 14.8 Å². The van der Waals surface area contributed by atoms with Gasteiger partial charge in [-0.3, -0.25) is 9.79 Å². The summed E-state index contributed by atoms with van der Waals surface area (Å²) >= 11 is 0. The van der Waals surface area contributed by atoms with Gasteiger partial charge in [0.1, 0.15) is 5.75 Å². The molecule has 0 aliphatic rings. The van der Waals surface area contributed by atoms with Gasteiger partial charge in [-0.25, -0.2) is 0 Å². The Morgan fingerprint density at radius 3 is 2.56 bits per heavy atom. The van der Waals surface area contributed by atoms with E-state index >= 15 is 0 Å². The maximum atomic E-state index is 10.7. The molecule has 0 saturated heterocycles. The van der Waals surface area contributed by atoms with Crippen LogP contribution in [0.1, 0.15) is 11.3 Å². The van der Waals surface area contributed by atoms with Crippen LogP contribution < -0.4 is 15.8 Å². The predicted octanol–water partition coefficient (Wildman–Crippen LogP) is 1.76. The first-order chi connectivity index (χ1) is 12.5. The van der Waals surface area contributed by atoms with Gasteiger partial charge >= 0.3 is 0 Å². The van der Waals surface area contributed by atoms with Crippen molar-refractivity contribution < 1.29 is 9.53 Å². The molecular weight excluding hydrogens is 457 g/mol. The summed E-state index contributed by atoms with van der Waals surface area (Å²) in [6.07, 6.45) is 2.89. The Morgan fingerprint density at radius 2 is 2.00 bits per heavy atom. The van der Waals surface area contributed by atoms with Crippen molar-refractivity contribution in [3.05, 3.63) is 53.9 Å². The molecule has 2 aromatic rings. The summed E-state index contributed by atoms with van der Waals surface area (Å²) in [5.74, 6) is 1.01. The Hall–Kier alpha value is -2.23. The Balaban J connectivity index is 0.00000364. The number of halogens is 1. The summed E-state index contributed by atoms with van der Waals surface area (Å²) in [6, 6.07) is 11.8. The van der Waals surface area contributed by atoms with Gasteiger partial charge in [0.15, 0.2) is 12.6 Å². The summed E-state index contributed by atoms with van der Waals surface area (Å²) < 4.78 is 7.36. The highest BCUT2D eigenvalue weighted by Gasteiger charge is 2.08. The van der Waals surface area contributed by atoms with Crippen molar-refractivity contribution in [3.8, 4) is 5.75 Å². The highest BCUT2D eigenvalue weighted by molar-refractivity contribution is 14.0. The highest BCUT2D eigenvalue weighted by Crippen LogP contribution is 2.12. The lowest BCUT2D eigenvalue weighted by Gasteiger charge is -2.22. The van der Waals surface area contributed by atoms with E-state index in [0.29, 0.717) is 5.75 Å². The number of hydrogen-bond donors (Lipinski definition) is 2. The normalized spacial score (nSPS) is 10.9. The van der Waals surface area contributed by atoms with Gasteiger partial charge < -0.3 is 25.3 Å². The Bertz CT molecular complexity index is 743. The highest BCUT2D eigenvalue weighted by atomic mass is 127. The lowest BCUT2D eigenvalue weighted by molar-refractivity contribution is -0.119. The molecule has 0 aliphatic heterocycles. The van der Waals surface area contributed by atoms with Crippen molar-refractivity contribution >= 4 is 35.8 Å². The fourth-order valence-corrected chi connectivity index (χ4v) is 2.59. The molecule has 0 aliphatic carbocycles. The summed E-state index contributed by atoms with van der Waals surface area (Å²) in [6.45, 7) is 1.45. The molecule has 8 heteroatoms. The number of hydrogen-bond acceptors (Lipinski definition) is 3. The molecule has 1 amide bonds. The monoisotopic (exact) mass is 485 g/mol. The van der Waals surface area contributed by atoms with E-state index in [1.54, 1.807) is 7.05 Å². The van der Waals surface area contributed by atoms with Crippen LogP contribution in [0.15, 0.2) is 47.6 Å². The summed E-state index contributed by atoms with van der Waals surface area (Å²) in [5, 5.41) is 3.38. The molecule has 27 heavy (non-hydrogen) atoms. The number of amides is 1. The molecule has 0 bridgehead atoms. The molecule has 0 unspecified atom stereocenters. The molecule has 7 nitrogen and oxygen atoms in total. The number of guanidine groups is 1. The average Bonchev–Trinajstić information content (AvgIpc) is 3.02. The van der Waals surface area contributed by atoms with Gasteiger partial charge in [0.2, 0.25) is 0 Å². The van der Waals surface area contributed by atoms with Crippen LogP contribution in [0, 0.1) is 0 Å². The molecule has 1 heterocycles. The number of benzene rings is 1. The minimum absolute atomic E-state index is 0. The van der Waals surface area contributed by atoms with E-state index in [4.69, 9.17) is 10.5 Å². The fraction of sp³-hybridized carbons (Fsp3) is 0.368. The molecule has 1 aromatic heterocycles. The van der Waals surface area contributed by atoms with Crippen molar-refractivity contribution in [2.75, 3.05) is 27.2 Å². The van der Waals surface area contributed by atoms with E-state index in [1.165, 1.54) is 11.3 Å². The second-order valence-electron chi connectivity index (χ2n) is 6.09. The molecule has 148 valence electrons. The second kappa shape index (κ2) is 11.5. The Kier molecular flexibility index (Phi) is 9.70. The van der Waals surface area contributed by atoms with Gasteiger partial charge in [-0.1, -0.05) is 12.1 Å². The fourth-order valence-electron chi connectivity index (χ4n) is 2.59. The smallest absolute Gasteiger partial charge is 0.255 e. The number of aromatic nitrogens is 1. The van der Waals surface area contributed by atoms with E-state index in [-0.39, 0.29) is 30.6 Å². The quantitative estimate of drug-likeness (QED) is 0.339. The number of nitrogens with two attached hydrogens (primary N) is 1. The minimum atomic E-state index is -0.482. The molecule has 2 rings (SSSR count). The zero-order valence-electron chi connectivity index (χ0n) is 16.0. The number of ether oxygens (including phenoxy) is 1.